The Bertz CT molecular complexity index is 807. The zero-order valence-electron chi connectivity index (χ0n) is 14.6. The molecule has 2 aromatic rings. The number of halogens is 3. The van der Waals surface area contributed by atoms with Crippen LogP contribution in [0.1, 0.15) is 34.7 Å². The Morgan fingerprint density at radius 2 is 2.07 bits per heavy atom. The molecule has 3 fully saturated rings. The molecule has 3 saturated heterocycles. The summed E-state index contributed by atoms with van der Waals surface area (Å²) in [6.07, 6.45) is -0.913. The molecule has 9 heteroatoms. The van der Waals surface area contributed by atoms with Gasteiger partial charge in [0.15, 0.2) is 5.69 Å². The van der Waals surface area contributed by atoms with Gasteiger partial charge in [0.2, 0.25) is 0 Å². The minimum atomic E-state index is -4.54. The van der Waals surface area contributed by atoms with E-state index in [1.54, 1.807) is 11.1 Å². The van der Waals surface area contributed by atoms with Crippen molar-refractivity contribution in [1.29, 1.82) is 0 Å². The summed E-state index contributed by atoms with van der Waals surface area (Å²) in [4.78, 5) is 21.1. The summed E-state index contributed by atoms with van der Waals surface area (Å²) < 4.78 is 38.3. The summed E-state index contributed by atoms with van der Waals surface area (Å²) in [5.41, 5.74) is -0.201. The van der Waals surface area contributed by atoms with E-state index in [0.29, 0.717) is 25.6 Å². The molecule has 0 aliphatic carbocycles. The van der Waals surface area contributed by atoms with Crippen LogP contribution >= 0.6 is 0 Å². The van der Waals surface area contributed by atoms with Crippen LogP contribution in [0.3, 0.4) is 0 Å². The predicted molar refractivity (Wildman–Crippen MR) is 90.7 cm³/mol. The molecule has 6 nitrogen and oxygen atoms in total. The van der Waals surface area contributed by atoms with Gasteiger partial charge in [0.25, 0.3) is 5.91 Å². The fourth-order valence-corrected chi connectivity index (χ4v) is 4.00. The third-order valence-electron chi connectivity index (χ3n) is 5.26. The number of piperidine rings is 1. The van der Waals surface area contributed by atoms with Crippen molar-refractivity contribution < 1.29 is 18.0 Å². The number of fused-ring (bicyclic) bond motifs is 4. The molecule has 0 spiro atoms. The molecule has 0 unspecified atom stereocenters. The second kappa shape index (κ2) is 6.95. The number of carbonyl (C=O) groups is 1. The topological polar surface area (TPSA) is 65.1 Å². The minimum Gasteiger partial charge on any atom is -0.333 e. The second-order valence-corrected chi connectivity index (χ2v) is 7.23. The van der Waals surface area contributed by atoms with E-state index in [1.807, 2.05) is 23.3 Å². The van der Waals surface area contributed by atoms with Crippen LogP contribution in [-0.4, -0.2) is 56.6 Å². The lowest BCUT2D eigenvalue weighted by atomic mass is 9.94. The van der Waals surface area contributed by atoms with Gasteiger partial charge in [-0.25, -0.2) is 0 Å². The quantitative estimate of drug-likeness (QED) is 0.890. The molecule has 0 aromatic carbocycles. The third-order valence-corrected chi connectivity index (χ3v) is 5.26. The van der Waals surface area contributed by atoms with E-state index in [4.69, 9.17) is 0 Å². The van der Waals surface area contributed by atoms with Crippen molar-refractivity contribution in [3.05, 3.63) is 47.5 Å². The van der Waals surface area contributed by atoms with E-state index in [-0.39, 0.29) is 11.7 Å². The number of nitrogens with zero attached hydrogens (tertiary/aromatic N) is 4. The largest absolute Gasteiger partial charge is 0.432 e. The average molecular weight is 379 g/mol. The smallest absolute Gasteiger partial charge is 0.333 e. The Morgan fingerprint density at radius 3 is 2.78 bits per heavy atom. The van der Waals surface area contributed by atoms with E-state index in [9.17, 15) is 18.0 Å². The van der Waals surface area contributed by atoms with Crippen molar-refractivity contribution in [2.45, 2.75) is 31.6 Å². The summed E-state index contributed by atoms with van der Waals surface area (Å²) in [7, 11) is 0. The van der Waals surface area contributed by atoms with Crippen molar-refractivity contribution >= 4 is 5.91 Å². The maximum Gasteiger partial charge on any atom is 0.432 e. The Kier molecular flexibility index (Phi) is 4.63. The number of carbonyl (C=O) groups excluding carboxylic acids is 1. The van der Waals surface area contributed by atoms with Crippen LogP contribution in [0.25, 0.3) is 0 Å². The van der Waals surface area contributed by atoms with Crippen LogP contribution in [0.2, 0.25) is 0 Å². The molecular weight excluding hydrogens is 359 g/mol. The molecule has 1 N–H and O–H groups in total. The van der Waals surface area contributed by atoms with Crippen LogP contribution in [0, 0.1) is 5.92 Å². The number of alkyl halides is 3. The second-order valence-electron chi connectivity index (χ2n) is 7.23. The first-order valence-corrected chi connectivity index (χ1v) is 8.96. The number of amides is 1. The van der Waals surface area contributed by atoms with Crippen molar-refractivity contribution in [3.8, 4) is 0 Å². The van der Waals surface area contributed by atoms with Gasteiger partial charge in [-0.3, -0.25) is 19.8 Å². The molecule has 27 heavy (non-hydrogen) atoms. The van der Waals surface area contributed by atoms with Crippen LogP contribution < -0.4 is 0 Å². The molecule has 3 aliphatic heterocycles. The molecule has 2 atom stereocenters. The lowest BCUT2D eigenvalue weighted by molar-refractivity contribution is -0.141. The van der Waals surface area contributed by atoms with E-state index < -0.39 is 17.8 Å². The molecular formula is C18H20F3N5O. The van der Waals surface area contributed by atoms with Crippen molar-refractivity contribution in [2.24, 2.45) is 5.92 Å². The number of aromatic amines is 1. The summed E-state index contributed by atoms with van der Waals surface area (Å²) in [6.45, 7) is 2.80. The Hall–Kier alpha value is -2.42. The lowest BCUT2D eigenvalue weighted by Gasteiger charge is -2.35. The number of pyridine rings is 1. The molecule has 0 saturated carbocycles. The first kappa shape index (κ1) is 18.0. The summed E-state index contributed by atoms with van der Waals surface area (Å²) in [5, 5.41) is 5.52. The summed E-state index contributed by atoms with van der Waals surface area (Å²) in [6, 6.07) is 6.56. The van der Waals surface area contributed by atoms with Gasteiger partial charge < -0.3 is 4.90 Å². The van der Waals surface area contributed by atoms with Gasteiger partial charge in [-0.2, -0.15) is 18.3 Å². The van der Waals surface area contributed by atoms with Gasteiger partial charge >= 0.3 is 6.18 Å². The summed E-state index contributed by atoms with van der Waals surface area (Å²) >= 11 is 0. The maximum absolute atomic E-state index is 12.8. The molecule has 5 heterocycles. The normalized spacial score (nSPS) is 23.4. The number of rotatable bonds is 3. The standard InChI is InChI=1S/C18H20F3N5O/c19-18(20,21)16-7-15(23-24-16)17(27)26-9-12-4-5-14(26)11-25(8-12)10-13-3-1-2-6-22-13/h1-3,6-7,12,14H,4-5,8-11H2,(H,23,24)/t12-,14+/m0/s1. The highest BCUT2D eigenvalue weighted by atomic mass is 19.4. The number of hydrogen-bond acceptors (Lipinski definition) is 4. The van der Waals surface area contributed by atoms with Crippen LogP contribution in [0.4, 0.5) is 13.2 Å². The highest BCUT2D eigenvalue weighted by molar-refractivity contribution is 5.92. The van der Waals surface area contributed by atoms with Gasteiger partial charge in [0.05, 0.1) is 5.69 Å². The number of nitrogens with one attached hydrogen (secondary N) is 1. The van der Waals surface area contributed by atoms with Gasteiger partial charge in [0.1, 0.15) is 5.69 Å². The summed E-state index contributed by atoms with van der Waals surface area (Å²) in [5.74, 6) is -0.131. The van der Waals surface area contributed by atoms with Gasteiger partial charge in [-0.15, -0.1) is 0 Å². The zero-order chi connectivity index (χ0) is 19.0. The van der Waals surface area contributed by atoms with Gasteiger partial charge in [0, 0.05) is 44.5 Å². The average Bonchev–Trinajstić information content (AvgIpc) is 2.99. The molecule has 2 bridgehead atoms. The molecule has 0 radical (unpaired) electrons. The van der Waals surface area contributed by atoms with Crippen LogP contribution in [-0.2, 0) is 12.7 Å². The highest BCUT2D eigenvalue weighted by Crippen LogP contribution is 2.31. The van der Waals surface area contributed by atoms with Gasteiger partial charge in [-0.1, -0.05) is 6.07 Å². The molecule has 144 valence electrons. The monoisotopic (exact) mass is 379 g/mol. The Labute approximate surface area is 154 Å². The maximum atomic E-state index is 12.8. The Balaban J connectivity index is 1.49. The minimum absolute atomic E-state index is 0.0222. The van der Waals surface area contributed by atoms with Crippen molar-refractivity contribution in [2.75, 3.05) is 19.6 Å². The van der Waals surface area contributed by atoms with Crippen LogP contribution in [0.15, 0.2) is 30.5 Å². The van der Waals surface area contributed by atoms with E-state index in [1.165, 1.54) is 0 Å². The predicted octanol–water partition coefficient (Wildman–Crippen LogP) is 2.56. The van der Waals surface area contributed by atoms with Crippen molar-refractivity contribution in [3.63, 3.8) is 0 Å². The van der Waals surface area contributed by atoms with E-state index >= 15 is 0 Å². The molecule has 2 aromatic heterocycles. The fraction of sp³-hybridized carbons (Fsp3) is 0.500. The van der Waals surface area contributed by atoms with E-state index in [2.05, 4.69) is 15.0 Å². The zero-order valence-corrected chi connectivity index (χ0v) is 14.6. The van der Waals surface area contributed by atoms with Crippen molar-refractivity contribution in [1.82, 2.24) is 25.0 Å². The van der Waals surface area contributed by atoms with Gasteiger partial charge in [-0.05, 0) is 30.9 Å². The number of hydrogen-bond donors (Lipinski definition) is 1. The van der Waals surface area contributed by atoms with Crippen LogP contribution in [0.5, 0.6) is 0 Å². The fourth-order valence-electron chi connectivity index (χ4n) is 4.00. The third kappa shape index (κ3) is 3.83. The molecule has 3 aliphatic rings. The first-order valence-electron chi connectivity index (χ1n) is 8.96. The lowest BCUT2D eigenvalue weighted by Crippen LogP contribution is -2.47. The number of H-pyrrole nitrogens is 1. The first-order chi connectivity index (χ1) is 12.9. The Morgan fingerprint density at radius 1 is 1.22 bits per heavy atom. The molecule has 1 amide bonds. The molecule has 5 rings (SSSR count). The highest BCUT2D eigenvalue weighted by Gasteiger charge is 2.39. The number of aromatic nitrogens is 3. The SMILES string of the molecule is O=C(c1cc(C(F)(F)F)[nH]n1)N1C[C@H]2CC[C@@H]1CN(Cc1ccccn1)C2. The van der Waals surface area contributed by atoms with E-state index in [0.717, 1.165) is 31.1 Å².